The molecular weight excluding hydrogens is 300 g/mol. The van der Waals surface area contributed by atoms with E-state index in [0.717, 1.165) is 23.3 Å². The van der Waals surface area contributed by atoms with E-state index in [1.165, 1.54) is 11.3 Å². The summed E-state index contributed by atoms with van der Waals surface area (Å²) in [6.45, 7) is 0.734. The van der Waals surface area contributed by atoms with Gasteiger partial charge in [0.15, 0.2) is 0 Å². The molecule has 2 rings (SSSR count). The highest BCUT2D eigenvalue weighted by Gasteiger charge is 2.09. The molecule has 2 aromatic rings. The van der Waals surface area contributed by atoms with Crippen molar-refractivity contribution in [2.45, 2.75) is 12.5 Å². The Labute approximate surface area is 133 Å². The average molecular weight is 320 g/mol. The molecule has 1 aromatic heterocycles. The second-order valence-electron chi connectivity index (χ2n) is 4.81. The van der Waals surface area contributed by atoms with Crippen LogP contribution in [0.1, 0.15) is 17.2 Å². The van der Waals surface area contributed by atoms with Crippen LogP contribution in [-0.4, -0.2) is 31.3 Å². The molecule has 0 spiro atoms. The van der Waals surface area contributed by atoms with E-state index in [9.17, 15) is 9.90 Å². The Morgan fingerprint density at radius 1 is 1.27 bits per heavy atom. The third-order valence-electron chi connectivity index (χ3n) is 3.24. The van der Waals surface area contributed by atoms with Gasteiger partial charge in [-0.15, -0.1) is 0 Å². The Balaban J connectivity index is 1.65. The molecule has 0 bridgehead atoms. The molecule has 0 aliphatic heterocycles. The summed E-state index contributed by atoms with van der Waals surface area (Å²) in [5.74, 6) is 0.817. The molecule has 1 atom stereocenters. The Morgan fingerprint density at radius 3 is 2.68 bits per heavy atom. The highest BCUT2D eigenvalue weighted by Crippen LogP contribution is 2.15. The molecule has 1 unspecified atom stereocenters. The maximum absolute atomic E-state index is 11.7. The first-order chi connectivity index (χ1) is 10.7. The lowest BCUT2D eigenvalue weighted by Crippen LogP contribution is -2.38. The summed E-state index contributed by atoms with van der Waals surface area (Å²) in [7, 11) is 1.63. The highest BCUT2D eigenvalue weighted by atomic mass is 32.1. The number of rotatable bonds is 7. The summed E-state index contributed by atoms with van der Waals surface area (Å²) in [5, 5.41) is 19.1. The number of ether oxygens (including phenoxy) is 1. The van der Waals surface area contributed by atoms with Crippen molar-refractivity contribution in [2.24, 2.45) is 0 Å². The van der Waals surface area contributed by atoms with Crippen molar-refractivity contribution in [3.05, 3.63) is 52.2 Å². The van der Waals surface area contributed by atoms with Gasteiger partial charge in [-0.3, -0.25) is 0 Å². The van der Waals surface area contributed by atoms with Crippen molar-refractivity contribution >= 4 is 17.4 Å². The van der Waals surface area contributed by atoms with Crippen LogP contribution in [0.5, 0.6) is 5.75 Å². The van der Waals surface area contributed by atoms with Crippen molar-refractivity contribution in [1.29, 1.82) is 0 Å². The molecule has 0 saturated carbocycles. The number of hydrogen-bond donors (Lipinski definition) is 3. The zero-order valence-electron chi connectivity index (χ0n) is 12.4. The minimum absolute atomic E-state index is 0.200. The van der Waals surface area contributed by atoms with Gasteiger partial charge in [-0.25, -0.2) is 4.79 Å². The Bertz CT molecular complexity index is 570. The molecule has 3 N–H and O–H groups in total. The lowest BCUT2D eigenvalue weighted by Gasteiger charge is -2.11. The van der Waals surface area contributed by atoms with Crippen LogP contribution in [0.2, 0.25) is 0 Å². The molecule has 1 aromatic carbocycles. The average Bonchev–Trinajstić information content (AvgIpc) is 3.08. The zero-order chi connectivity index (χ0) is 15.8. The molecule has 2 amide bonds. The second-order valence-corrected chi connectivity index (χ2v) is 5.59. The molecule has 6 heteroatoms. The quantitative estimate of drug-likeness (QED) is 0.733. The van der Waals surface area contributed by atoms with Crippen LogP contribution in [0.4, 0.5) is 4.79 Å². The van der Waals surface area contributed by atoms with Crippen LogP contribution in [0.25, 0.3) is 0 Å². The van der Waals surface area contributed by atoms with Gasteiger partial charge in [0.2, 0.25) is 0 Å². The number of thiophene rings is 1. The monoisotopic (exact) mass is 320 g/mol. The van der Waals surface area contributed by atoms with Crippen molar-refractivity contribution < 1.29 is 14.6 Å². The predicted octanol–water partition coefficient (Wildman–Crippen LogP) is 2.33. The van der Waals surface area contributed by atoms with Crippen LogP contribution in [0, 0.1) is 0 Å². The first-order valence-electron chi connectivity index (χ1n) is 7.04. The lowest BCUT2D eigenvalue weighted by atomic mass is 10.1. The van der Waals surface area contributed by atoms with Crippen LogP contribution in [0.3, 0.4) is 0 Å². The van der Waals surface area contributed by atoms with Gasteiger partial charge >= 0.3 is 6.03 Å². The first-order valence-corrected chi connectivity index (χ1v) is 7.98. The smallest absolute Gasteiger partial charge is 0.314 e. The van der Waals surface area contributed by atoms with Crippen LogP contribution in [0.15, 0.2) is 41.1 Å². The highest BCUT2D eigenvalue weighted by molar-refractivity contribution is 7.07. The standard InChI is InChI=1S/C16H20N2O3S/c1-21-14-4-2-12(3-5-14)6-8-17-16(20)18-10-15(19)13-7-9-22-11-13/h2-5,7,9,11,15,19H,6,8,10H2,1H3,(H2,17,18,20). The second kappa shape index (κ2) is 8.41. The number of carbonyl (C=O) groups excluding carboxylic acids is 1. The largest absolute Gasteiger partial charge is 0.497 e. The summed E-state index contributed by atoms with van der Waals surface area (Å²) < 4.78 is 5.09. The van der Waals surface area contributed by atoms with Gasteiger partial charge in [0.25, 0.3) is 0 Å². The van der Waals surface area contributed by atoms with Crippen molar-refractivity contribution in [1.82, 2.24) is 10.6 Å². The summed E-state index contributed by atoms with van der Waals surface area (Å²) in [5.41, 5.74) is 1.95. The van der Waals surface area contributed by atoms with Gasteiger partial charge in [-0.2, -0.15) is 11.3 Å². The van der Waals surface area contributed by atoms with Gasteiger partial charge in [0.1, 0.15) is 5.75 Å². The Hall–Kier alpha value is -2.05. The van der Waals surface area contributed by atoms with Gasteiger partial charge in [-0.1, -0.05) is 12.1 Å². The van der Waals surface area contributed by atoms with E-state index in [1.807, 2.05) is 41.1 Å². The number of nitrogens with one attached hydrogen (secondary N) is 2. The van der Waals surface area contributed by atoms with Gasteiger partial charge in [0, 0.05) is 13.1 Å². The number of benzene rings is 1. The number of carbonyl (C=O) groups is 1. The molecule has 118 valence electrons. The fraction of sp³-hybridized carbons (Fsp3) is 0.312. The van der Waals surface area contributed by atoms with Crippen LogP contribution < -0.4 is 15.4 Å². The van der Waals surface area contributed by atoms with Crippen LogP contribution in [-0.2, 0) is 6.42 Å². The van der Waals surface area contributed by atoms with E-state index in [1.54, 1.807) is 7.11 Å². The van der Waals surface area contributed by atoms with E-state index < -0.39 is 6.10 Å². The molecule has 0 aliphatic rings. The number of hydrogen-bond acceptors (Lipinski definition) is 4. The number of urea groups is 1. The van der Waals surface area contributed by atoms with E-state index in [0.29, 0.717) is 6.54 Å². The topological polar surface area (TPSA) is 70.6 Å². The Kier molecular flexibility index (Phi) is 6.24. The van der Waals surface area contributed by atoms with E-state index >= 15 is 0 Å². The minimum Gasteiger partial charge on any atom is -0.497 e. The molecule has 0 radical (unpaired) electrons. The number of amides is 2. The molecule has 0 aliphatic carbocycles. The minimum atomic E-state index is -0.668. The van der Waals surface area contributed by atoms with Crippen molar-refractivity contribution in [2.75, 3.05) is 20.2 Å². The van der Waals surface area contributed by atoms with Crippen molar-refractivity contribution in [3.63, 3.8) is 0 Å². The summed E-state index contributed by atoms with van der Waals surface area (Å²) in [6, 6.07) is 9.30. The molecule has 0 fully saturated rings. The molecule has 22 heavy (non-hydrogen) atoms. The van der Waals surface area contributed by atoms with E-state index in [4.69, 9.17) is 4.74 Å². The van der Waals surface area contributed by atoms with E-state index in [-0.39, 0.29) is 12.6 Å². The van der Waals surface area contributed by atoms with Crippen LogP contribution >= 0.6 is 11.3 Å². The maximum Gasteiger partial charge on any atom is 0.314 e. The summed E-state index contributed by atoms with van der Waals surface area (Å²) in [6.07, 6.45) is 0.0726. The lowest BCUT2D eigenvalue weighted by molar-refractivity contribution is 0.173. The van der Waals surface area contributed by atoms with Gasteiger partial charge in [0.05, 0.1) is 13.2 Å². The first kappa shape index (κ1) is 16.3. The summed E-state index contributed by atoms with van der Waals surface area (Å²) in [4.78, 5) is 11.7. The van der Waals surface area contributed by atoms with Gasteiger partial charge < -0.3 is 20.5 Å². The molecular formula is C16H20N2O3S. The summed E-state index contributed by atoms with van der Waals surface area (Å²) >= 11 is 1.52. The molecule has 1 heterocycles. The number of aliphatic hydroxyl groups excluding tert-OH is 1. The van der Waals surface area contributed by atoms with Crippen molar-refractivity contribution in [3.8, 4) is 5.75 Å². The third kappa shape index (κ3) is 5.05. The normalized spacial score (nSPS) is 11.7. The molecule has 5 nitrogen and oxygen atoms in total. The predicted molar refractivity (Wildman–Crippen MR) is 87.4 cm³/mol. The Morgan fingerprint density at radius 2 is 2.05 bits per heavy atom. The van der Waals surface area contributed by atoms with Gasteiger partial charge in [-0.05, 0) is 46.5 Å². The molecule has 0 saturated heterocycles. The number of methoxy groups -OCH3 is 1. The fourth-order valence-corrected chi connectivity index (χ4v) is 2.65. The third-order valence-corrected chi connectivity index (χ3v) is 3.94. The van der Waals surface area contributed by atoms with E-state index in [2.05, 4.69) is 10.6 Å². The zero-order valence-corrected chi connectivity index (χ0v) is 13.2. The number of aliphatic hydroxyl groups is 1. The fourth-order valence-electron chi connectivity index (χ4n) is 1.95. The SMILES string of the molecule is COc1ccc(CCNC(=O)NCC(O)c2ccsc2)cc1. The maximum atomic E-state index is 11.7.